The number of amidine groups is 1. The molecule has 0 radical (unpaired) electrons. The largest absolute Gasteiger partial charge is 0.414 e. The van der Waals surface area contributed by atoms with Gasteiger partial charge in [-0.25, -0.2) is 0 Å². The Kier molecular flexibility index (Phi) is 16.9. The van der Waals surface area contributed by atoms with Gasteiger partial charge in [-0.3, -0.25) is 14.8 Å². The maximum absolute atomic E-state index is 12.9. The molecule has 5 rings (SSSR count). The van der Waals surface area contributed by atoms with Crippen molar-refractivity contribution in [1.82, 2.24) is 15.2 Å². The summed E-state index contributed by atoms with van der Waals surface area (Å²) in [5, 5.41) is 2.79. The minimum atomic E-state index is -4.41. The number of aryl methyl sites for hydroxylation is 1. The fourth-order valence-electron chi connectivity index (χ4n) is 6.49. The van der Waals surface area contributed by atoms with Gasteiger partial charge in [0.05, 0.1) is 18.0 Å². The average molecular weight is 636 g/mol. The van der Waals surface area contributed by atoms with Crippen LogP contribution in [0.4, 0.5) is 13.2 Å². The number of carbonyl (C=O) groups is 1. The average Bonchev–Trinajstić information content (AvgIpc) is 3.40. The standard InChI is InChI=1S/C20H32N2O.C11H12F3N3O.2C2H6/c1-3-16(15-22(2)19-5-4-11-23-12-9-19)13-17-6-7-18-14-21-10-8-20(17)18;12-11(13,14)6-3-1-2-4-7-10(6)17-9(16-7)5-8(15)18;2*1-2/h8,10,14,16-17,19H,3-7,9,11-13,15H2,1-2H3;2-4,7,10H,1,5H2,(H2,15,18)(H,16,17);2*1-2H3. The zero-order chi connectivity index (χ0) is 33.4. The molecule has 1 aromatic heterocycles. The van der Waals surface area contributed by atoms with Crippen molar-refractivity contribution in [1.29, 1.82) is 0 Å². The summed E-state index contributed by atoms with van der Waals surface area (Å²) in [4.78, 5) is 21.6. The third-order valence-corrected chi connectivity index (χ3v) is 8.70. The number of fused-ring (bicyclic) bond motifs is 2. The zero-order valence-corrected chi connectivity index (χ0v) is 28.2. The third-order valence-electron chi connectivity index (χ3n) is 8.70. The molecule has 254 valence electrons. The predicted octanol–water partition coefficient (Wildman–Crippen LogP) is 7.13. The summed E-state index contributed by atoms with van der Waals surface area (Å²) in [7, 11) is 2.32. The molecule has 45 heavy (non-hydrogen) atoms. The number of hydrogen-bond acceptors (Lipinski definition) is 6. The number of alkyl halides is 3. The highest BCUT2D eigenvalue weighted by molar-refractivity contribution is 6.00. The third kappa shape index (κ3) is 11.9. The number of primary amides is 1. The van der Waals surface area contributed by atoms with Crippen LogP contribution < -0.4 is 11.1 Å². The highest BCUT2D eigenvalue weighted by Crippen LogP contribution is 2.38. The lowest BCUT2D eigenvalue weighted by Gasteiger charge is -2.31. The summed E-state index contributed by atoms with van der Waals surface area (Å²) in [6, 6.07) is 1.38. The number of allylic oxidation sites excluding steroid dienone is 2. The van der Waals surface area contributed by atoms with Gasteiger partial charge in [0.15, 0.2) is 0 Å². The molecule has 7 nitrogen and oxygen atoms in total. The number of nitrogens with one attached hydrogen (secondary N) is 1. The lowest BCUT2D eigenvalue weighted by Crippen LogP contribution is -2.37. The Hall–Kier alpha value is -2.72. The molecule has 3 N–H and O–H groups in total. The topological polar surface area (TPSA) is 92.8 Å². The minimum Gasteiger partial charge on any atom is -0.381 e. The number of ether oxygens (including phenoxy) is 1. The molecule has 1 saturated heterocycles. The number of aliphatic imine (C=N–C) groups is 1. The maximum atomic E-state index is 12.9. The molecule has 1 fully saturated rings. The van der Waals surface area contributed by atoms with Crippen LogP contribution in [0.15, 0.2) is 47.3 Å². The number of nitrogens with zero attached hydrogens (tertiary/aromatic N) is 3. The molecule has 10 heteroatoms. The van der Waals surface area contributed by atoms with Gasteiger partial charge in [-0.05, 0) is 81.0 Å². The molecule has 1 aromatic rings. The van der Waals surface area contributed by atoms with E-state index in [1.807, 2.05) is 33.9 Å². The number of rotatable bonds is 8. The molecule has 2 aliphatic carbocycles. The van der Waals surface area contributed by atoms with E-state index in [-0.39, 0.29) is 18.7 Å². The van der Waals surface area contributed by atoms with Crippen LogP contribution in [-0.2, 0) is 16.0 Å². The number of aromatic nitrogens is 1. The first-order chi connectivity index (χ1) is 21.7. The van der Waals surface area contributed by atoms with E-state index in [1.54, 1.807) is 17.7 Å². The van der Waals surface area contributed by atoms with Crippen LogP contribution in [-0.4, -0.2) is 72.7 Å². The molecule has 4 aliphatic rings. The summed E-state index contributed by atoms with van der Waals surface area (Å²) in [6.45, 7) is 13.5. The number of carbonyl (C=O) groups excluding carboxylic acids is 1. The first-order valence-electron chi connectivity index (χ1n) is 16.9. The summed E-state index contributed by atoms with van der Waals surface area (Å²) in [6.07, 6.45) is 13.0. The molecule has 0 saturated carbocycles. The van der Waals surface area contributed by atoms with E-state index < -0.39 is 29.7 Å². The summed E-state index contributed by atoms with van der Waals surface area (Å²) in [5.74, 6) is 1.13. The van der Waals surface area contributed by atoms with Crippen molar-refractivity contribution in [3.05, 3.63) is 53.4 Å². The molecule has 1 amide bonds. The van der Waals surface area contributed by atoms with Crippen molar-refractivity contribution in [3.63, 3.8) is 0 Å². The van der Waals surface area contributed by atoms with Gasteiger partial charge >= 0.3 is 6.18 Å². The van der Waals surface area contributed by atoms with Gasteiger partial charge in [-0.15, -0.1) is 0 Å². The number of amides is 1. The molecular formula is C35H56F3N5O2. The molecule has 2 aliphatic heterocycles. The summed E-state index contributed by atoms with van der Waals surface area (Å²) in [5.41, 5.74) is 7.38. The Labute approximate surface area is 269 Å². The Bertz CT molecular complexity index is 1110. The number of nitrogens with two attached hydrogens (primary N) is 1. The maximum Gasteiger partial charge on any atom is 0.414 e. The van der Waals surface area contributed by atoms with Gasteiger partial charge in [-0.2, -0.15) is 13.2 Å². The van der Waals surface area contributed by atoms with Crippen molar-refractivity contribution in [2.75, 3.05) is 26.8 Å². The first-order valence-corrected chi connectivity index (χ1v) is 16.9. The predicted molar refractivity (Wildman–Crippen MR) is 177 cm³/mol. The SMILES string of the molecule is CC.CC.CCC(CC1CCc2cnccc21)CN(C)C1CCCOCC1.NC(=O)CC1=NC2C(C(F)(F)F)=CCC=CC2N1. The summed E-state index contributed by atoms with van der Waals surface area (Å²) >= 11 is 0. The van der Waals surface area contributed by atoms with Crippen molar-refractivity contribution >= 4 is 11.7 Å². The van der Waals surface area contributed by atoms with Crippen LogP contribution in [0.25, 0.3) is 0 Å². The Morgan fingerprint density at radius 3 is 2.62 bits per heavy atom. The minimum absolute atomic E-state index is 0.175. The van der Waals surface area contributed by atoms with Gasteiger partial charge in [0, 0.05) is 38.2 Å². The van der Waals surface area contributed by atoms with Gasteiger partial charge in [0.25, 0.3) is 0 Å². The van der Waals surface area contributed by atoms with Crippen LogP contribution >= 0.6 is 0 Å². The molecule has 5 atom stereocenters. The number of pyridine rings is 1. The van der Waals surface area contributed by atoms with Crippen LogP contribution in [0.1, 0.15) is 103 Å². The van der Waals surface area contributed by atoms with Gasteiger partial charge in [0.1, 0.15) is 11.9 Å². The molecule has 0 bridgehead atoms. The van der Waals surface area contributed by atoms with Crippen LogP contribution in [0, 0.1) is 5.92 Å². The Morgan fingerprint density at radius 1 is 1.18 bits per heavy atom. The molecule has 5 unspecified atom stereocenters. The van der Waals surface area contributed by atoms with E-state index in [0.29, 0.717) is 6.04 Å². The first kappa shape index (κ1) is 38.5. The number of hydrogen-bond donors (Lipinski definition) is 2. The normalized spacial score (nSPS) is 24.3. The summed E-state index contributed by atoms with van der Waals surface area (Å²) < 4.78 is 44.2. The van der Waals surface area contributed by atoms with Crippen molar-refractivity contribution in [2.45, 2.75) is 123 Å². The van der Waals surface area contributed by atoms with E-state index >= 15 is 0 Å². The van der Waals surface area contributed by atoms with Crippen LogP contribution in [0.5, 0.6) is 0 Å². The van der Waals surface area contributed by atoms with Crippen molar-refractivity contribution < 1.29 is 22.7 Å². The second kappa shape index (κ2) is 19.7. The molecule has 0 aromatic carbocycles. The highest BCUT2D eigenvalue weighted by atomic mass is 19.4. The fourth-order valence-corrected chi connectivity index (χ4v) is 6.49. The van der Waals surface area contributed by atoms with E-state index in [2.05, 4.69) is 46.4 Å². The van der Waals surface area contributed by atoms with E-state index in [4.69, 9.17) is 10.5 Å². The van der Waals surface area contributed by atoms with Gasteiger partial charge in [-0.1, -0.05) is 59.3 Å². The Balaban J connectivity index is 0.000000289. The number of halogens is 3. The van der Waals surface area contributed by atoms with E-state index in [9.17, 15) is 18.0 Å². The Morgan fingerprint density at radius 2 is 1.93 bits per heavy atom. The van der Waals surface area contributed by atoms with E-state index in [1.165, 1.54) is 57.1 Å². The zero-order valence-electron chi connectivity index (χ0n) is 28.2. The quantitative estimate of drug-likeness (QED) is 0.297. The van der Waals surface area contributed by atoms with Gasteiger partial charge < -0.3 is 20.7 Å². The lowest BCUT2D eigenvalue weighted by molar-refractivity contribution is -0.116. The van der Waals surface area contributed by atoms with Crippen LogP contribution in [0.2, 0.25) is 0 Å². The highest BCUT2D eigenvalue weighted by Gasteiger charge is 2.44. The monoisotopic (exact) mass is 635 g/mol. The van der Waals surface area contributed by atoms with Crippen LogP contribution in [0.3, 0.4) is 0 Å². The van der Waals surface area contributed by atoms with Gasteiger partial charge in [0.2, 0.25) is 5.91 Å². The molecular weight excluding hydrogens is 579 g/mol. The molecule has 0 spiro atoms. The molecule has 3 heterocycles. The fraction of sp³-hybridized carbons (Fsp3) is 0.686. The van der Waals surface area contributed by atoms with Crippen molar-refractivity contribution in [2.24, 2.45) is 16.6 Å². The smallest absolute Gasteiger partial charge is 0.381 e. The van der Waals surface area contributed by atoms with Crippen molar-refractivity contribution in [3.8, 4) is 0 Å². The second-order valence-corrected chi connectivity index (χ2v) is 11.6. The second-order valence-electron chi connectivity index (χ2n) is 11.6. The van der Waals surface area contributed by atoms with E-state index in [0.717, 1.165) is 31.1 Å². The lowest BCUT2D eigenvalue weighted by atomic mass is 9.88.